The van der Waals surface area contributed by atoms with Gasteiger partial charge in [-0.2, -0.15) is 5.10 Å². The zero-order valence-electron chi connectivity index (χ0n) is 14.6. The van der Waals surface area contributed by atoms with Crippen LogP contribution < -0.4 is 5.32 Å². The van der Waals surface area contributed by atoms with E-state index in [1.54, 1.807) is 7.11 Å². The van der Waals surface area contributed by atoms with Crippen LogP contribution in [-0.2, 0) is 29.2 Å². The number of para-hydroxylation sites is 1. The number of nitrogens with one attached hydrogen (secondary N) is 1. The van der Waals surface area contributed by atoms with Gasteiger partial charge in [0.25, 0.3) is 0 Å². The molecule has 0 amide bonds. The average molecular weight is 339 g/mol. The van der Waals surface area contributed by atoms with Gasteiger partial charge in [0.05, 0.1) is 37.6 Å². The molecular formula is C20H25N3O2. The van der Waals surface area contributed by atoms with E-state index in [0.717, 1.165) is 30.8 Å². The summed E-state index contributed by atoms with van der Waals surface area (Å²) in [6, 6.07) is 18.6. The van der Waals surface area contributed by atoms with E-state index in [1.165, 1.54) is 10.9 Å². The minimum atomic E-state index is 0.630. The summed E-state index contributed by atoms with van der Waals surface area (Å²) in [5.41, 5.74) is 3.40. The van der Waals surface area contributed by atoms with Crippen LogP contribution in [0.3, 0.4) is 0 Å². The fraction of sp³-hybridized carbons (Fsp3) is 0.350. The van der Waals surface area contributed by atoms with Crippen molar-refractivity contribution in [1.29, 1.82) is 0 Å². The maximum absolute atomic E-state index is 5.80. The lowest BCUT2D eigenvalue weighted by Gasteiger charge is -2.06. The fourth-order valence-corrected chi connectivity index (χ4v) is 2.79. The molecule has 0 fully saturated rings. The number of fused-ring (bicyclic) bond motifs is 1. The average Bonchev–Trinajstić information content (AvgIpc) is 3.01. The number of methoxy groups -OCH3 is 1. The monoisotopic (exact) mass is 339 g/mol. The lowest BCUT2D eigenvalue weighted by Crippen LogP contribution is -2.19. The Labute approximate surface area is 148 Å². The number of ether oxygens (including phenoxy) is 2. The van der Waals surface area contributed by atoms with Crippen LogP contribution in [0.4, 0.5) is 0 Å². The Morgan fingerprint density at radius 2 is 1.80 bits per heavy atom. The quantitative estimate of drug-likeness (QED) is 0.577. The Balaban J connectivity index is 1.58. The lowest BCUT2D eigenvalue weighted by atomic mass is 10.2. The minimum absolute atomic E-state index is 0.630. The molecule has 132 valence electrons. The SMILES string of the molecule is COCCNCc1nn(CCOCc2ccccc2)c2ccccc12. The van der Waals surface area contributed by atoms with Crippen molar-refractivity contribution >= 4 is 10.9 Å². The molecule has 25 heavy (non-hydrogen) atoms. The molecule has 0 saturated carbocycles. The van der Waals surface area contributed by atoms with Gasteiger partial charge in [0.1, 0.15) is 0 Å². The normalized spacial score (nSPS) is 11.2. The Bertz CT molecular complexity index is 771. The zero-order valence-corrected chi connectivity index (χ0v) is 14.6. The molecule has 0 aliphatic carbocycles. The van der Waals surface area contributed by atoms with Crippen molar-refractivity contribution in [1.82, 2.24) is 15.1 Å². The van der Waals surface area contributed by atoms with Crippen molar-refractivity contribution in [2.75, 3.05) is 26.9 Å². The second-order valence-corrected chi connectivity index (χ2v) is 5.89. The first-order chi connectivity index (χ1) is 12.4. The molecule has 1 N–H and O–H groups in total. The van der Waals surface area contributed by atoms with E-state index in [1.807, 2.05) is 28.9 Å². The first kappa shape index (κ1) is 17.6. The Morgan fingerprint density at radius 3 is 2.64 bits per heavy atom. The van der Waals surface area contributed by atoms with E-state index in [4.69, 9.17) is 14.6 Å². The predicted molar refractivity (Wildman–Crippen MR) is 99.4 cm³/mol. The molecule has 5 heteroatoms. The molecule has 3 rings (SSSR count). The Hall–Kier alpha value is -2.21. The maximum Gasteiger partial charge on any atom is 0.0841 e. The molecule has 0 aliphatic heterocycles. The number of aromatic nitrogens is 2. The molecule has 0 unspecified atom stereocenters. The van der Waals surface area contributed by atoms with Gasteiger partial charge in [-0.1, -0.05) is 48.5 Å². The van der Waals surface area contributed by atoms with Gasteiger partial charge in [-0.25, -0.2) is 0 Å². The highest BCUT2D eigenvalue weighted by Crippen LogP contribution is 2.18. The molecule has 5 nitrogen and oxygen atoms in total. The second kappa shape index (κ2) is 9.32. The van der Waals surface area contributed by atoms with Gasteiger partial charge in [-0.05, 0) is 11.6 Å². The van der Waals surface area contributed by atoms with Gasteiger partial charge in [-0.15, -0.1) is 0 Å². The van der Waals surface area contributed by atoms with Crippen LogP contribution in [0.5, 0.6) is 0 Å². The Kier molecular flexibility index (Phi) is 6.56. The van der Waals surface area contributed by atoms with Crippen LogP contribution >= 0.6 is 0 Å². The van der Waals surface area contributed by atoms with Gasteiger partial charge in [0, 0.05) is 25.6 Å². The number of hydrogen-bond acceptors (Lipinski definition) is 4. The van der Waals surface area contributed by atoms with E-state index >= 15 is 0 Å². The van der Waals surface area contributed by atoms with Crippen molar-refractivity contribution in [2.24, 2.45) is 0 Å². The third-order valence-electron chi connectivity index (χ3n) is 4.07. The van der Waals surface area contributed by atoms with Crippen LogP contribution in [0, 0.1) is 0 Å². The molecule has 0 bridgehead atoms. The van der Waals surface area contributed by atoms with Gasteiger partial charge in [0.15, 0.2) is 0 Å². The highest BCUT2D eigenvalue weighted by atomic mass is 16.5. The van der Waals surface area contributed by atoms with E-state index < -0.39 is 0 Å². The number of hydrogen-bond donors (Lipinski definition) is 1. The standard InChI is InChI=1S/C20H25N3O2/c1-24-13-11-21-15-19-18-9-5-6-10-20(18)23(22-19)12-14-25-16-17-7-3-2-4-8-17/h2-10,21H,11-16H2,1H3. The first-order valence-corrected chi connectivity index (χ1v) is 8.64. The van der Waals surface area contributed by atoms with Crippen LogP contribution in [-0.4, -0.2) is 36.6 Å². The minimum Gasteiger partial charge on any atom is -0.383 e. The molecule has 3 aromatic rings. The molecule has 0 spiro atoms. The predicted octanol–water partition coefficient (Wildman–Crippen LogP) is 2.99. The van der Waals surface area contributed by atoms with Crippen molar-refractivity contribution in [3.05, 3.63) is 65.9 Å². The third kappa shape index (κ3) is 4.89. The summed E-state index contributed by atoms with van der Waals surface area (Å²) < 4.78 is 12.9. The largest absolute Gasteiger partial charge is 0.383 e. The van der Waals surface area contributed by atoms with E-state index in [9.17, 15) is 0 Å². The molecule has 1 aromatic heterocycles. The van der Waals surface area contributed by atoms with E-state index in [2.05, 4.69) is 35.6 Å². The van der Waals surface area contributed by atoms with Crippen LogP contribution in [0.1, 0.15) is 11.3 Å². The van der Waals surface area contributed by atoms with Crippen molar-refractivity contribution in [3.63, 3.8) is 0 Å². The lowest BCUT2D eigenvalue weighted by molar-refractivity contribution is 0.111. The zero-order chi connectivity index (χ0) is 17.3. The number of benzene rings is 2. The molecule has 0 atom stereocenters. The smallest absolute Gasteiger partial charge is 0.0841 e. The fourth-order valence-electron chi connectivity index (χ4n) is 2.79. The first-order valence-electron chi connectivity index (χ1n) is 8.64. The van der Waals surface area contributed by atoms with Crippen molar-refractivity contribution in [2.45, 2.75) is 19.7 Å². The van der Waals surface area contributed by atoms with Gasteiger partial charge >= 0.3 is 0 Å². The molecule has 0 aliphatic rings. The summed E-state index contributed by atoms with van der Waals surface area (Å²) in [4.78, 5) is 0. The molecule has 0 saturated heterocycles. The van der Waals surface area contributed by atoms with Crippen molar-refractivity contribution < 1.29 is 9.47 Å². The Morgan fingerprint density at radius 1 is 1.00 bits per heavy atom. The van der Waals surface area contributed by atoms with Crippen LogP contribution in [0.2, 0.25) is 0 Å². The molecule has 2 aromatic carbocycles. The van der Waals surface area contributed by atoms with Gasteiger partial charge in [-0.3, -0.25) is 4.68 Å². The summed E-state index contributed by atoms with van der Waals surface area (Å²) in [5.74, 6) is 0. The highest BCUT2D eigenvalue weighted by molar-refractivity contribution is 5.81. The number of rotatable bonds is 10. The van der Waals surface area contributed by atoms with Gasteiger partial charge < -0.3 is 14.8 Å². The second-order valence-electron chi connectivity index (χ2n) is 5.89. The summed E-state index contributed by atoms with van der Waals surface area (Å²) in [6.45, 7) is 4.26. The van der Waals surface area contributed by atoms with E-state index in [0.29, 0.717) is 19.8 Å². The van der Waals surface area contributed by atoms with Crippen LogP contribution in [0.15, 0.2) is 54.6 Å². The topological polar surface area (TPSA) is 48.3 Å². The molecule has 0 radical (unpaired) electrons. The summed E-state index contributed by atoms with van der Waals surface area (Å²) in [5, 5.41) is 9.32. The highest BCUT2D eigenvalue weighted by Gasteiger charge is 2.09. The molecule has 1 heterocycles. The van der Waals surface area contributed by atoms with Crippen molar-refractivity contribution in [3.8, 4) is 0 Å². The van der Waals surface area contributed by atoms with E-state index in [-0.39, 0.29) is 0 Å². The van der Waals surface area contributed by atoms with Crippen LogP contribution in [0.25, 0.3) is 10.9 Å². The summed E-state index contributed by atoms with van der Waals surface area (Å²) in [6.07, 6.45) is 0. The third-order valence-corrected chi connectivity index (χ3v) is 4.07. The molecular weight excluding hydrogens is 314 g/mol. The van der Waals surface area contributed by atoms with Gasteiger partial charge in [0.2, 0.25) is 0 Å². The summed E-state index contributed by atoms with van der Waals surface area (Å²) >= 11 is 0. The maximum atomic E-state index is 5.80. The number of nitrogens with zero attached hydrogens (tertiary/aromatic N) is 2. The summed E-state index contributed by atoms with van der Waals surface area (Å²) in [7, 11) is 1.71.